The first kappa shape index (κ1) is 17.2. The molecule has 0 fully saturated rings. The van der Waals surface area contributed by atoms with Crippen LogP contribution in [0.25, 0.3) is 16.8 Å². The van der Waals surface area contributed by atoms with Crippen LogP contribution in [-0.4, -0.2) is 11.0 Å². The molecule has 0 atom stereocenters. The molecule has 0 radical (unpaired) electrons. The maximum absolute atomic E-state index is 6.70. The standard InChI is InChI=1S/C21H23N.H2O/c1-4-11-21(22,12-5-2)18-13-16-7-6-8-19-15(3)9-10-17(14-18)20(16)19;/h4-10,14H,1-2,11-13,22H2,3H3;1H2. The van der Waals surface area contributed by atoms with Crippen molar-refractivity contribution in [2.45, 2.75) is 31.7 Å². The van der Waals surface area contributed by atoms with Gasteiger partial charge in [0, 0.05) is 5.54 Å². The van der Waals surface area contributed by atoms with E-state index in [1.54, 1.807) is 0 Å². The van der Waals surface area contributed by atoms with Crippen molar-refractivity contribution in [1.29, 1.82) is 0 Å². The Morgan fingerprint density at radius 1 is 1.13 bits per heavy atom. The van der Waals surface area contributed by atoms with E-state index in [4.69, 9.17) is 5.73 Å². The zero-order valence-corrected chi connectivity index (χ0v) is 13.7. The number of hydrogen-bond acceptors (Lipinski definition) is 1. The first-order chi connectivity index (χ1) is 10.6. The second-order valence-electron chi connectivity index (χ2n) is 6.30. The van der Waals surface area contributed by atoms with Crippen molar-refractivity contribution in [1.82, 2.24) is 0 Å². The van der Waals surface area contributed by atoms with Crippen molar-refractivity contribution < 1.29 is 5.48 Å². The summed E-state index contributed by atoms with van der Waals surface area (Å²) in [4.78, 5) is 0. The minimum atomic E-state index is -0.381. The van der Waals surface area contributed by atoms with Crippen LogP contribution in [0.1, 0.15) is 29.5 Å². The Morgan fingerprint density at radius 3 is 2.48 bits per heavy atom. The highest BCUT2D eigenvalue weighted by atomic mass is 16.0. The van der Waals surface area contributed by atoms with Gasteiger partial charge in [0.25, 0.3) is 0 Å². The molecule has 2 nitrogen and oxygen atoms in total. The van der Waals surface area contributed by atoms with Crippen LogP contribution in [0.3, 0.4) is 0 Å². The molecule has 0 amide bonds. The van der Waals surface area contributed by atoms with E-state index in [9.17, 15) is 0 Å². The highest BCUT2D eigenvalue weighted by molar-refractivity contribution is 5.97. The Balaban J connectivity index is 0.00000192. The Hall–Kier alpha value is -2.16. The molecule has 1 aliphatic rings. The van der Waals surface area contributed by atoms with Gasteiger partial charge in [-0.3, -0.25) is 0 Å². The third-order valence-electron chi connectivity index (χ3n) is 4.74. The first-order valence-electron chi connectivity index (χ1n) is 7.82. The Morgan fingerprint density at radius 2 is 1.83 bits per heavy atom. The van der Waals surface area contributed by atoms with Crippen LogP contribution in [-0.2, 0) is 6.42 Å². The number of aryl methyl sites for hydroxylation is 1. The fourth-order valence-corrected chi connectivity index (χ4v) is 3.55. The summed E-state index contributed by atoms with van der Waals surface area (Å²) >= 11 is 0. The van der Waals surface area contributed by atoms with E-state index in [0.29, 0.717) is 0 Å². The zero-order valence-electron chi connectivity index (χ0n) is 13.7. The molecule has 120 valence electrons. The molecule has 2 aromatic carbocycles. The SMILES string of the molecule is C=CCC(N)(CC=C)C1=Cc2ccc(C)c3cccc(c23)C1.O. The van der Waals surface area contributed by atoms with Crippen LogP contribution >= 0.6 is 0 Å². The van der Waals surface area contributed by atoms with Gasteiger partial charge >= 0.3 is 0 Å². The van der Waals surface area contributed by atoms with Crippen molar-refractivity contribution in [3.05, 3.63) is 77.9 Å². The Labute approximate surface area is 138 Å². The summed E-state index contributed by atoms with van der Waals surface area (Å²) in [5, 5.41) is 2.73. The van der Waals surface area contributed by atoms with Gasteiger partial charge in [0.1, 0.15) is 0 Å². The van der Waals surface area contributed by atoms with Gasteiger partial charge in [-0.1, -0.05) is 48.6 Å². The monoisotopic (exact) mass is 307 g/mol. The lowest BCUT2D eigenvalue weighted by Gasteiger charge is -2.33. The number of benzene rings is 2. The lowest BCUT2D eigenvalue weighted by Crippen LogP contribution is -2.42. The summed E-state index contributed by atoms with van der Waals surface area (Å²) < 4.78 is 0. The minimum Gasteiger partial charge on any atom is -0.412 e. The summed E-state index contributed by atoms with van der Waals surface area (Å²) in [6.45, 7) is 9.92. The van der Waals surface area contributed by atoms with Crippen LogP contribution in [0.2, 0.25) is 0 Å². The van der Waals surface area contributed by atoms with Gasteiger partial charge in [-0.2, -0.15) is 0 Å². The van der Waals surface area contributed by atoms with Crippen molar-refractivity contribution in [3.8, 4) is 0 Å². The Kier molecular flexibility index (Phi) is 4.88. The molecule has 0 bridgehead atoms. The highest BCUT2D eigenvalue weighted by Crippen LogP contribution is 2.37. The molecule has 1 aliphatic carbocycles. The third kappa shape index (κ3) is 2.88. The number of nitrogens with two attached hydrogens (primary N) is 1. The van der Waals surface area contributed by atoms with Crippen LogP contribution in [0.5, 0.6) is 0 Å². The van der Waals surface area contributed by atoms with E-state index in [2.05, 4.69) is 56.5 Å². The van der Waals surface area contributed by atoms with E-state index in [0.717, 1.165) is 19.3 Å². The number of hydrogen-bond donors (Lipinski definition) is 1. The molecule has 2 aromatic rings. The molecular weight excluding hydrogens is 282 g/mol. The molecule has 0 spiro atoms. The summed E-state index contributed by atoms with van der Waals surface area (Å²) in [5.74, 6) is 0. The average Bonchev–Trinajstić information content (AvgIpc) is 2.51. The quantitative estimate of drug-likeness (QED) is 0.830. The second kappa shape index (κ2) is 6.53. The van der Waals surface area contributed by atoms with E-state index < -0.39 is 0 Å². The van der Waals surface area contributed by atoms with E-state index in [1.807, 2.05) is 12.2 Å². The first-order valence-corrected chi connectivity index (χ1v) is 7.82. The molecule has 0 saturated heterocycles. The molecule has 0 heterocycles. The molecule has 0 unspecified atom stereocenters. The molecule has 23 heavy (non-hydrogen) atoms. The third-order valence-corrected chi connectivity index (χ3v) is 4.74. The van der Waals surface area contributed by atoms with Crippen molar-refractivity contribution in [2.75, 3.05) is 0 Å². The summed E-state index contributed by atoms with van der Waals surface area (Å²) in [5.41, 5.74) is 11.6. The lowest BCUT2D eigenvalue weighted by molar-refractivity contribution is 0.503. The van der Waals surface area contributed by atoms with Gasteiger partial charge in [-0.15, -0.1) is 13.2 Å². The van der Waals surface area contributed by atoms with E-state index in [-0.39, 0.29) is 11.0 Å². The summed E-state index contributed by atoms with van der Waals surface area (Å²) in [6.07, 6.45) is 8.54. The van der Waals surface area contributed by atoms with Crippen molar-refractivity contribution in [2.24, 2.45) is 5.73 Å². The molecule has 2 heteroatoms. The van der Waals surface area contributed by atoms with Crippen LogP contribution in [0, 0.1) is 6.92 Å². The molecule has 4 N–H and O–H groups in total. The van der Waals surface area contributed by atoms with Crippen molar-refractivity contribution >= 4 is 16.8 Å². The maximum Gasteiger partial charge on any atom is 0.0444 e. The highest BCUT2D eigenvalue weighted by Gasteiger charge is 2.29. The van der Waals surface area contributed by atoms with Gasteiger partial charge in [0.15, 0.2) is 0 Å². The zero-order chi connectivity index (χ0) is 15.7. The summed E-state index contributed by atoms with van der Waals surface area (Å²) in [7, 11) is 0. The van der Waals surface area contributed by atoms with Crippen LogP contribution in [0.15, 0.2) is 61.2 Å². The van der Waals surface area contributed by atoms with E-state index >= 15 is 0 Å². The molecule has 3 rings (SSSR count). The van der Waals surface area contributed by atoms with Crippen LogP contribution < -0.4 is 5.73 Å². The predicted molar refractivity (Wildman–Crippen MR) is 101 cm³/mol. The lowest BCUT2D eigenvalue weighted by atomic mass is 9.76. The minimum absolute atomic E-state index is 0. The molecule has 0 aromatic heterocycles. The van der Waals surface area contributed by atoms with Gasteiger partial charge in [0.2, 0.25) is 0 Å². The Bertz CT molecular complexity index is 776. The van der Waals surface area contributed by atoms with Gasteiger partial charge in [-0.25, -0.2) is 0 Å². The van der Waals surface area contributed by atoms with Gasteiger partial charge in [0.05, 0.1) is 0 Å². The molecule has 0 aliphatic heterocycles. The number of rotatable bonds is 5. The summed E-state index contributed by atoms with van der Waals surface area (Å²) in [6, 6.07) is 11.0. The molecular formula is C21H25NO. The van der Waals surface area contributed by atoms with Crippen LogP contribution in [0.4, 0.5) is 0 Å². The largest absolute Gasteiger partial charge is 0.412 e. The van der Waals surface area contributed by atoms with Crippen molar-refractivity contribution in [3.63, 3.8) is 0 Å². The second-order valence-corrected chi connectivity index (χ2v) is 6.30. The fraction of sp³-hybridized carbons (Fsp3) is 0.238. The average molecular weight is 307 g/mol. The van der Waals surface area contributed by atoms with Gasteiger partial charge in [-0.05, 0) is 59.2 Å². The molecule has 0 saturated carbocycles. The smallest absolute Gasteiger partial charge is 0.0444 e. The van der Waals surface area contributed by atoms with Gasteiger partial charge < -0.3 is 11.2 Å². The maximum atomic E-state index is 6.70. The van der Waals surface area contributed by atoms with E-state index in [1.165, 1.54) is 33.0 Å². The topological polar surface area (TPSA) is 57.5 Å². The normalized spacial score (nSPS) is 13.2. The fourth-order valence-electron chi connectivity index (χ4n) is 3.55. The predicted octanol–water partition coefficient (Wildman–Crippen LogP) is 4.11.